The van der Waals surface area contributed by atoms with Gasteiger partial charge in [0.15, 0.2) is 0 Å². The number of anilines is 2. The second kappa shape index (κ2) is 9.82. The Morgan fingerprint density at radius 1 is 0.765 bits per heavy atom. The third kappa shape index (κ3) is 5.21. The summed E-state index contributed by atoms with van der Waals surface area (Å²) in [5, 5.41) is 6.16. The number of hydrogen-bond acceptors (Lipinski definition) is 3. The second-order valence-electron chi connectivity index (χ2n) is 7.74. The molecule has 34 heavy (non-hydrogen) atoms. The summed E-state index contributed by atoms with van der Waals surface area (Å²) < 4.78 is 3.02. The number of amides is 3. The molecule has 0 atom stereocenters. The van der Waals surface area contributed by atoms with Gasteiger partial charge < -0.3 is 10.6 Å². The number of benzene rings is 3. The van der Waals surface area contributed by atoms with E-state index in [4.69, 9.17) is 0 Å². The molecule has 0 saturated heterocycles. The highest BCUT2D eigenvalue weighted by Crippen LogP contribution is 2.24. The third-order valence-electron chi connectivity index (χ3n) is 5.16. The number of carbonyl (C=O) groups excluding carboxylic acids is 3. The van der Waals surface area contributed by atoms with E-state index in [-0.39, 0.29) is 5.69 Å². The Hall–Kier alpha value is -3.43. The van der Waals surface area contributed by atoms with Crippen LogP contribution in [0.2, 0.25) is 0 Å². The van der Waals surface area contributed by atoms with Crippen molar-refractivity contribution in [2.24, 2.45) is 0 Å². The standard InChI is InChI=1S/C25H20Br2N4O3/c1-14-3-4-15(2)20(11-14)29-24(33)25(34)30-31-21-10-7-18(27)12-16(21)13-22(31)23(32)28-19-8-5-17(26)6-9-19/h3-13H,1-2H3,(H,28,32)(H,29,33)(H,30,34). The maximum Gasteiger partial charge on any atom is 0.328 e. The Balaban J connectivity index is 1.63. The summed E-state index contributed by atoms with van der Waals surface area (Å²) in [7, 11) is 0. The van der Waals surface area contributed by atoms with Gasteiger partial charge in [-0.15, -0.1) is 0 Å². The van der Waals surface area contributed by atoms with Crippen LogP contribution in [-0.2, 0) is 9.59 Å². The van der Waals surface area contributed by atoms with Gasteiger partial charge in [-0.2, -0.15) is 0 Å². The summed E-state index contributed by atoms with van der Waals surface area (Å²) in [5.41, 5.74) is 6.23. The van der Waals surface area contributed by atoms with Crippen molar-refractivity contribution in [1.29, 1.82) is 0 Å². The molecule has 0 spiro atoms. The Morgan fingerprint density at radius 3 is 2.21 bits per heavy atom. The topological polar surface area (TPSA) is 92.2 Å². The van der Waals surface area contributed by atoms with E-state index in [0.717, 1.165) is 20.1 Å². The number of rotatable bonds is 4. The molecule has 0 saturated carbocycles. The first-order valence-corrected chi connectivity index (χ1v) is 11.9. The van der Waals surface area contributed by atoms with Gasteiger partial charge in [-0.1, -0.05) is 44.0 Å². The number of nitrogens with zero attached hydrogens (tertiary/aromatic N) is 1. The molecule has 4 aromatic rings. The first-order chi connectivity index (χ1) is 16.2. The molecule has 3 amide bonds. The van der Waals surface area contributed by atoms with Crippen LogP contribution in [-0.4, -0.2) is 22.4 Å². The Bertz CT molecular complexity index is 1430. The number of fused-ring (bicyclic) bond motifs is 1. The van der Waals surface area contributed by atoms with Crippen molar-refractivity contribution in [1.82, 2.24) is 4.68 Å². The van der Waals surface area contributed by atoms with Gasteiger partial charge in [-0.25, -0.2) is 4.68 Å². The van der Waals surface area contributed by atoms with Gasteiger partial charge in [0.05, 0.1) is 5.52 Å². The van der Waals surface area contributed by atoms with Crippen molar-refractivity contribution in [3.63, 3.8) is 0 Å². The van der Waals surface area contributed by atoms with Gasteiger partial charge in [0.25, 0.3) is 5.91 Å². The monoisotopic (exact) mass is 582 g/mol. The average Bonchev–Trinajstić information content (AvgIpc) is 3.15. The molecule has 1 aromatic heterocycles. The van der Waals surface area contributed by atoms with E-state index < -0.39 is 17.7 Å². The Morgan fingerprint density at radius 2 is 1.47 bits per heavy atom. The molecule has 0 fully saturated rings. The summed E-state index contributed by atoms with van der Waals surface area (Å²) in [6.45, 7) is 3.74. The molecule has 0 aliphatic carbocycles. The fourth-order valence-corrected chi connectivity index (χ4v) is 4.05. The molecule has 0 unspecified atom stereocenters. The SMILES string of the molecule is Cc1ccc(C)c(NC(=O)C(=O)Nn2c(C(=O)Nc3ccc(Br)cc3)cc3cc(Br)ccc32)c1. The average molecular weight is 584 g/mol. The predicted octanol–water partition coefficient (Wildman–Crippen LogP) is 5.74. The minimum absolute atomic E-state index is 0.170. The third-order valence-corrected chi connectivity index (χ3v) is 6.18. The number of hydrogen-bond donors (Lipinski definition) is 3. The number of aryl methyl sites for hydroxylation is 2. The van der Waals surface area contributed by atoms with Crippen molar-refractivity contribution in [2.45, 2.75) is 13.8 Å². The minimum atomic E-state index is -0.904. The van der Waals surface area contributed by atoms with E-state index in [9.17, 15) is 14.4 Å². The molecular weight excluding hydrogens is 564 g/mol. The van der Waals surface area contributed by atoms with Gasteiger partial charge in [0.1, 0.15) is 5.69 Å². The lowest BCUT2D eigenvalue weighted by molar-refractivity contribution is -0.133. The van der Waals surface area contributed by atoms with Crippen LogP contribution in [0, 0.1) is 13.8 Å². The molecule has 0 radical (unpaired) electrons. The molecule has 0 aliphatic rings. The second-order valence-corrected chi connectivity index (χ2v) is 9.57. The maximum atomic E-state index is 13.1. The van der Waals surface area contributed by atoms with Gasteiger partial charge in [-0.05, 0) is 79.6 Å². The maximum absolute atomic E-state index is 13.1. The number of nitrogens with one attached hydrogen (secondary N) is 3. The minimum Gasteiger partial charge on any atom is -0.321 e. The zero-order chi connectivity index (χ0) is 24.4. The predicted molar refractivity (Wildman–Crippen MR) is 141 cm³/mol. The fourth-order valence-electron chi connectivity index (χ4n) is 3.40. The van der Waals surface area contributed by atoms with Crippen LogP contribution in [0.1, 0.15) is 21.6 Å². The van der Waals surface area contributed by atoms with E-state index >= 15 is 0 Å². The Kier molecular flexibility index (Phi) is 6.85. The highest BCUT2D eigenvalue weighted by Gasteiger charge is 2.21. The molecule has 0 aliphatic heterocycles. The summed E-state index contributed by atoms with van der Waals surface area (Å²) in [4.78, 5) is 38.5. The largest absolute Gasteiger partial charge is 0.328 e. The molecule has 3 N–H and O–H groups in total. The van der Waals surface area contributed by atoms with Crippen LogP contribution in [0.25, 0.3) is 10.9 Å². The molecule has 4 rings (SSSR count). The highest BCUT2D eigenvalue weighted by molar-refractivity contribution is 9.10. The van der Waals surface area contributed by atoms with Gasteiger partial charge in [0.2, 0.25) is 0 Å². The quantitative estimate of drug-likeness (QED) is 0.267. The number of carbonyl (C=O) groups is 3. The summed E-state index contributed by atoms with van der Waals surface area (Å²) in [6.07, 6.45) is 0. The van der Waals surface area contributed by atoms with E-state index in [1.807, 2.05) is 44.2 Å². The molecule has 7 nitrogen and oxygen atoms in total. The van der Waals surface area contributed by atoms with Crippen molar-refractivity contribution >= 4 is 71.9 Å². The van der Waals surface area contributed by atoms with E-state index in [0.29, 0.717) is 22.3 Å². The lowest BCUT2D eigenvalue weighted by Gasteiger charge is -2.13. The zero-order valence-corrected chi connectivity index (χ0v) is 21.5. The fraction of sp³-hybridized carbons (Fsp3) is 0.0800. The summed E-state index contributed by atoms with van der Waals surface area (Å²) >= 11 is 6.79. The normalized spacial score (nSPS) is 10.7. The number of aromatic nitrogens is 1. The van der Waals surface area contributed by atoms with Crippen LogP contribution in [0.4, 0.5) is 11.4 Å². The van der Waals surface area contributed by atoms with E-state index in [1.165, 1.54) is 4.68 Å². The molecule has 1 heterocycles. The van der Waals surface area contributed by atoms with Crippen LogP contribution in [0.5, 0.6) is 0 Å². The van der Waals surface area contributed by atoms with Crippen molar-refractivity contribution in [2.75, 3.05) is 16.1 Å². The first kappa shape index (κ1) is 23.7. The van der Waals surface area contributed by atoms with Crippen molar-refractivity contribution in [3.05, 3.63) is 92.5 Å². The lowest BCUT2D eigenvalue weighted by atomic mass is 10.1. The van der Waals surface area contributed by atoms with Crippen LogP contribution < -0.4 is 16.1 Å². The number of halogens is 2. The lowest BCUT2D eigenvalue weighted by Crippen LogP contribution is -2.36. The van der Waals surface area contributed by atoms with Crippen LogP contribution >= 0.6 is 31.9 Å². The summed E-state index contributed by atoms with van der Waals surface area (Å²) in [6, 6.07) is 19.7. The molecular formula is C25H20Br2N4O3. The zero-order valence-electron chi connectivity index (χ0n) is 18.3. The Labute approximate surface area is 212 Å². The molecule has 0 bridgehead atoms. The molecule has 172 valence electrons. The first-order valence-electron chi connectivity index (χ1n) is 10.3. The summed E-state index contributed by atoms with van der Waals surface area (Å²) in [5.74, 6) is -2.18. The van der Waals surface area contributed by atoms with Gasteiger partial charge in [-0.3, -0.25) is 19.8 Å². The van der Waals surface area contributed by atoms with Crippen LogP contribution in [0.15, 0.2) is 75.7 Å². The van der Waals surface area contributed by atoms with Crippen molar-refractivity contribution in [3.8, 4) is 0 Å². The molecule has 9 heteroatoms. The highest BCUT2D eigenvalue weighted by atomic mass is 79.9. The van der Waals surface area contributed by atoms with Crippen LogP contribution in [0.3, 0.4) is 0 Å². The van der Waals surface area contributed by atoms with E-state index in [1.54, 1.807) is 36.4 Å². The smallest absolute Gasteiger partial charge is 0.321 e. The molecule has 3 aromatic carbocycles. The van der Waals surface area contributed by atoms with Gasteiger partial charge in [0, 0.05) is 25.7 Å². The van der Waals surface area contributed by atoms with Crippen molar-refractivity contribution < 1.29 is 14.4 Å². The van der Waals surface area contributed by atoms with Gasteiger partial charge >= 0.3 is 11.8 Å². The van der Waals surface area contributed by atoms with E-state index in [2.05, 4.69) is 47.9 Å².